The highest BCUT2D eigenvalue weighted by atomic mass is 16.5. The molecular formula is C25H34N4O3. The summed E-state index contributed by atoms with van der Waals surface area (Å²) < 4.78 is 11.0. The lowest BCUT2D eigenvalue weighted by Gasteiger charge is -2.33. The number of carbonyl (C=O) groups is 1. The molecule has 1 aromatic heterocycles. The molecule has 2 aliphatic heterocycles. The number of benzene rings is 1. The van der Waals surface area contributed by atoms with Crippen molar-refractivity contribution in [3.8, 4) is 16.9 Å². The van der Waals surface area contributed by atoms with Gasteiger partial charge in [-0.1, -0.05) is 12.1 Å². The van der Waals surface area contributed by atoms with Crippen molar-refractivity contribution in [3.63, 3.8) is 0 Å². The number of aromatic nitrogens is 2. The zero-order valence-corrected chi connectivity index (χ0v) is 19.4. The Bertz CT molecular complexity index is 902. The third-order valence-corrected chi connectivity index (χ3v) is 6.55. The predicted octanol–water partition coefficient (Wildman–Crippen LogP) is 3.88. The molecule has 1 atom stereocenters. The second kappa shape index (κ2) is 10.3. The van der Waals surface area contributed by atoms with Crippen molar-refractivity contribution in [1.29, 1.82) is 0 Å². The molecule has 2 fully saturated rings. The van der Waals surface area contributed by atoms with Gasteiger partial charge in [0.05, 0.1) is 18.9 Å². The van der Waals surface area contributed by atoms with Crippen LogP contribution in [0.15, 0.2) is 30.5 Å². The number of piperidine rings is 1. The lowest BCUT2D eigenvalue weighted by molar-refractivity contribution is -0.132. The summed E-state index contributed by atoms with van der Waals surface area (Å²) in [6.07, 6.45) is 7.67. The molecule has 1 aromatic carbocycles. The molecule has 7 heteroatoms. The average Bonchev–Trinajstić information content (AvgIpc) is 3.36. The molecule has 4 rings (SSSR count). The molecule has 2 aromatic rings. The lowest BCUT2D eigenvalue weighted by Crippen LogP contribution is -2.38. The first-order valence-corrected chi connectivity index (χ1v) is 11.6. The van der Waals surface area contributed by atoms with Gasteiger partial charge in [0.1, 0.15) is 5.75 Å². The summed E-state index contributed by atoms with van der Waals surface area (Å²) in [7, 11) is 5.59. The smallest absolute Gasteiger partial charge is 0.225 e. The second-order valence-electron chi connectivity index (χ2n) is 8.92. The zero-order chi connectivity index (χ0) is 22.5. The Morgan fingerprint density at radius 2 is 1.94 bits per heavy atom. The maximum atomic E-state index is 12.7. The molecule has 3 heterocycles. The number of methoxy groups -OCH3 is 1. The third-order valence-electron chi connectivity index (χ3n) is 6.55. The molecule has 32 heavy (non-hydrogen) atoms. The Labute approximate surface area is 190 Å². The third kappa shape index (κ3) is 5.21. The van der Waals surface area contributed by atoms with Crippen molar-refractivity contribution in [3.05, 3.63) is 36.2 Å². The summed E-state index contributed by atoms with van der Waals surface area (Å²) in [4.78, 5) is 26.2. The molecule has 0 bridgehead atoms. The Morgan fingerprint density at radius 3 is 2.56 bits per heavy atom. The first-order chi connectivity index (χ1) is 15.5. The van der Waals surface area contributed by atoms with Gasteiger partial charge >= 0.3 is 0 Å². The van der Waals surface area contributed by atoms with E-state index in [1.165, 1.54) is 0 Å². The van der Waals surface area contributed by atoms with Gasteiger partial charge in [-0.3, -0.25) is 4.79 Å². The topological polar surface area (TPSA) is 67.8 Å². The largest absolute Gasteiger partial charge is 0.497 e. The van der Waals surface area contributed by atoms with Crippen LogP contribution in [0.25, 0.3) is 11.1 Å². The summed E-state index contributed by atoms with van der Waals surface area (Å²) in [6.45, 7) is 2.39. The molecule has 0 unspecified atom stereocenters. The number of ether oxygens (including phenoxy) is 2. The fourth-order valence-corrected chi connectivity index (χ4v) is 4.62. The SMILES string of the molecule is COc1ccc(-c2cnc(N(C)C)nc2C2CCN(C(=O)CC[C@H]3CCCO3)CC2)cc1. The van der Waals surface area contributed by atoms with Crippen LogP contribution in [0, 0.1) is 0 Å². The zero-order valence-electron chi connectivity index (χ0n) is 19.4. The van der Waals surface area contributed by atoms with E-state index in [-0.39, 0.29) is 12.0 Å². The molecule has 2 aliphatic rings. The highest BCUT2D eigenvalue weighted by Gasteiger charge is 2.28. The summed E-state index contributed by atoms with van der Waals surface area (Å²) >= 11 is 0. The van der Waals surface area contributed by atoms with Crippen molar-refractivity contribution in [2.45, 2.75) is 50.5 Å². The Hall–Kier alpha value is -2.67. The van der Waals surface area contributed by atoms with E-state index in [4.69, 9.17) is 14.5 Å². The van der Waals surface area contributed by atoms with Gasteiger partial charge in [0.2, 0.25) is 11.9 Å². The van der Waals surface area contributed by atoms with E-state index >= 15 is 0 Å². The number of rotatable bonds is 7. The van der Waals surface area contributed by atoms with Crippen LogP contribution in [-0.2, 0) is 9.53 Å². The first-order valence-electron chi connectivity index (χ1n) is 11.6. The van der Waals surface area contributed by atoms with E-state index in [1.807, 2.05) is 42.2 Å². The second-order valence-corrected chi connectivity index (χ2v) is 8.92. The Morgan fingerprint density at radius 1 is 1.19 bits per heavy atom. The predicted molar refractivity (Wildman–Crippen MR) is 125 cm³/mol. The van der Waals surface area contributed by atoms with Crippen molar-refractivity contribution < 1.29 is 14.3 Å². The molecule has 2 saturated heterocycles. The van der Waals surface area contributed by atoms with E-state index in [0.717, 1.165) is 74.4 Å². The number of hydrogen-bond donors (Lipinski definition) is 0. The van der Waals surface area contributed by atoms with Crippen LogP contribution in [0.5, 0.6) is 5.75 Å². The van der Waals surface area contributed by atoms with E-state index in [2.05, 4.69) is 17.1 Å². The van der Waals surface area contributed by atoms with Gasteiger partial charge in [0, 0.05) is 57.9 Å². The summed E-state index contributed by atoms with van der Waals surface area (Å²) in [5.41, 5.74) is 3.21. The Kier molecular flexibility index (Phi) is 7.25. The molecule has 0 N–H and O–H groups in total. The number of hydrogen-bond acceptors (Lipinski definition) is 6. The van der Waals surface area contributed by atoms with Gasteiger partial charge in [-0.05, 0) is 49.8 Å². The normalized spacial score (nSPS) is 19.2. The van der Waals surface area contributed by atoms with Gasteiger partial charge in [0.15, 0.2) is 0 Å². The number of carbonyl (C=O) groups excluding carboxylic acids is 1. The maximum Gasteiger partial charge on any atom is 0.225 e. The van der Waals surface area contributed by atoms with Crippen LogP contribution in [0.1, 0.15) is 50.1 Å². The fourth-order valence-electron chi connectivity index (χ4n) is 4.62. The van der Waals surface area contributed by atoms with Crippen LogP contribution >= 0.6 is 0 Å². The van der Waals surface area contributed by atoms with Gasteiger partial charge in [-0.2, -0.15) is 0 Å². The fraction of sp³-hybridized carbons (Fsp3) is 0.560. The van der Waals surface area contributed by atoms with E-state index in [9.17, 15) is 4.79 Å². The highest BCUT2D eigenvalue weighted by molar-refractivity contribution is 5.76. The van der Waals surface area contributed by atoms with E-state index < -0.39 is 0 Å². The molecule has 7 nitrogen and oxygen atoms in total. The summed E-state index contributed by atoms with van der Waals surface area (Å²) in [5.74, 6) is 2.10. The maximum absolute atomic E-state index is 12.7. The standard InChI is InChI=1S/C25H34N4O3/c1-28(2)25-26-17-22(18-6-8-20(31-3)9-7-18)24(27-25)19-12-14-29(15-13-19)23(30)11-10-21-5-4-16-32-21/h6-9,17,19,21H,4-5,10-16H2,1-3H3/t21-/m1/s1. The molecular weight excluding hydrogens is 404 g/mol. The monoisotopic (exact) mass is 438 g/mol. The number of anilines is 1. The van der Waals surface area contributed by atoms with Crippen molar-refractivity contribution in [2.75, 3.05) is 45.8 Å². The lowest BCUT2D eigenvalue weighted by atomic mass is 9.88. The molecule has 0 saturated carbocycles. The minimum absolute atomic E-state index is 0.256. The van der Waals surface area contributed by atoms with Crippen LogP contribution < -0.4 is 9.64 Å². The number of nitrogens with zero attached hydrogens (tertiary/aromatic N) is 4. The van der Waals surface area contributed by atoms with Gasteiger partial charge in [-0.15, -0.1) is 0 Å². The number of amides is 1. The van der Waals surface area contributed by atoms with Gasteiger partial charge < -0.3 is 19.3 Å². The summed E-state index contributed by atoms with van der Waals surface area (Å²) in [6, 6.07) is 8.04. The summed E-state index contributed by atoms with van der Waals surface area (Å²) in [5, 5.41) is 0. The van der Waals surface area contributed by atoms with Crippen molar-refractivity contribution >= 4 is 11.9 Å². The quantitative estimate of drug-likeness (QED) is 0.654. The van der Waals surface area contributed by atoms with Crippen LogP contribution in [0.2, 0.25) is 0 Å². The average molecular weight is 439 g/mol. The number of likely N-dealkylation sites (tertiary alicyclic amines) is 1. The first kappa shape index (κ1) is 22.5. The molecule has 0 spiro atoms. The minimum Gasteiger partial charge on any atom is -0.497 e. The van der Waals surface area contributed by atoms with Crippen LogP contribution in [0.3, 0.4) is 0 Å². The molecule has 1 amide bonds. The molecule has 0 aliphatic carbocycles. The van der Waals surface area contributed by atoms with Crippen LogP contribution in [0.4, 0.5) is 5.95 Å². The minimum atomic E-state index is 0.256. The van der Waals surface area contributed by atoms with Gasteiger partial charge in [0.25, 0.3) is 0 Å². The molecule has 172 valence electrons. The van der Waals surface area contributed by atoms with Crippen molar-refractivity contribution in [2.24, 2.45) is 0 Å². The molecule has 0 radical (unpaired) electrons. The Balaban J connectivity index is 1.46. The van der Waals surface area contributed by atoms with Crippen molar-refractivity contribution in [1.82, 2.24) is 14.9 Å². The van der Waals surface area contributed by atoms with E-state index in [0.29, 0.717) is 18.3 Å². The highest BCUT2D eigenvalue weighted by Crippen LogP contribution is 2.35. The van der Waals surface area contributed by atoms with E-state index in [1.54, 1.807) is 7.11 Å². The van der Waals surface area contributed by atoms with Gasteiger partial charge in [-0.25, -0.2) is 9.97 Å². The van der Waals surface area contributed by atoms with Crippen LogP contribution in [-0.4, -0.2) is 67.8 Å².